The third-order valence-electron chi connectivity index (χ3n) is 5.05. The van der Waals surface area contributed by atoms with Gasteiger partial charge in [-0.1, -0.05) is 23.7 Å². The van der Waals surface area contributed by atoms with Crippen molar-refractivity contribution in [3.8, 4) is 5.75 Å². The summed E-state index contributed by atoms with van der Waals surface area (Å²) in [7, 11) is 0. The van der Waals surface area contributed by atoms with Crippen molar-refractivity contribution in [2.24, 2.45) is 5.92 Å². The number of nitrogens with zero attached hydrogens (tertiary/aromatic N) is 1. The molecule has 0 spiro atoms. The van der Waals surface area contributed by atoms with Crippen molar-refractivity contribution < 1.29 is 27.9 Å². The molecule has 0 radical (unpaired) electrons. The van der Waals surface area contributed by atoms with Crippen LogP contribution < -0.4 is 10.6 Å². The van der Waals surface area contributed by atoms with Crippen molar-refractivity contribution in [1.82, 2.24) is 4.90 Å². The number of aromatic hydroxyl groups is 1. The molecule has 0 atom stereocenters. The summed E-state index contributed by atoms with van der Waals surface area (Å²) in [6, 6.07) is 9.59. The van der Waals surface area contributed by atoms with Crippen LogP contribution in [-0.4, -0.2) is 41.5 Å². The van der Waals surface area contributed by atoms with Crippen molar-refractivity contribution >= 4 is 34.8 Å². The predicted octanol–water partition coefficient (Wildman–Crippen LogP) is 4.35. The minimum atomic E-state index is -4.65. The van der Waals surface area contributed by atoms with E-state index in [1.165, 1.54) is 12.1 Å². The van der Waals surface area contributed by atoms with E-state index in [9.17, 15) is 27.9 Å². The zero-order valence-electron chi connectivity index (χ0n) is 16.4. The first-order chi connectivity index (χ1) is 14.6. The molecule has 2 aromatic rings. The van der Waals surface area contributed by atoms with Crippen LogP contribution in [0.15, 0.2) is 42.5 Å². The second-order valence-corrected chi connectivity index (χ2v) is 7.73. The lowest BCUT2D eigenvalue weighted by molar-refractivity contribution is -0.137. The summed E-state index contributed by atoms with van der Waals surface area (Å²) in [6.07, 6.45) is -3.67. The molecule has 0 saturated carbocycles. The Morgan fingerprint density at radius 1 is 1.06 bits per heavy atom. The molecule has 166 valence electrons. The number of nitrogens with one attached hydrogen (secondary N) is 2. The van der Waals surface area contributed by atoms with Crippen molar-refractivity contribution in [3.63, 3.8) is 0 Å². The lowest BCUT2D eigenvalue weighted by Gasteiger charge is -2.30. The molecule has 1 saturated heterocycles. The summed E-state index contributed by atoms with van der Waals surface area (Å²) < 4.78 is 39.5. The Morgan fingerprint density at radius 3 is 2.39 bits per heavy atom. The Bertz CT molecular complexity index is 960. The number of halogens is 4. The van der Waals surface area contributed by atoms with Crippen LogP contribution in [0.5, 0.6) is 5.75 Å². The fourth-order valence-electron chi connectivity index (χ4n) is 3.42. The van der Waals surface area contributed by atoms with E-state index in [4.69, 9.17) is 11.6 Å². The number of amides is 2. The van der Waals surface area contributed by atoms with Crippen LogP contribution in [-0.2, 0) is 15.8 Å². The lowest BCUT2D eigenvalue weighted by Crippen LogP contribution is -2.41. The van der Waals surface area contributed by atoms with Crippen molar-refractivity contribution in [2.45, 2.75) is 19.0 Å². The minimum absolute atomic E-state index is 0.0228. The standard InChI is InChI=1S/C21H21ClF3N3O3/c22-14-5-6-16(15(11-14)21(23,24)25)26-19(30)12-28-9-7-13(8-10-28)20(31)27-17-3-1-2-4-18(17)29/h1-6,11,13,29H,7-10,12H2,(H,26,30)(H,27,31). The highest BCUT2D eigenvalue weighted by molar-refractivity contribution is 6.30. The van der Waals surface area contributed by atoms with Gasteiger partial charge in [0.1, 0.15) is 5.75 Å². The van der Waals surface area contributed by atoms with Crippen molar-refractivity contribution in [1.29, 1.82) is 0 Å². The number of carbonyl (C=O) groups excluding carboxylic acids is 2. The van der Waals surface area contributed by atoms with E-state index in [1.54, 1.807) is 23.1 Å². The SMILES string of the molecule is O=C(CN1CCC(C(=O)Nc2ccccc2O)CC1)Nc1ccc(Cl)cc1C(F)(F)F. The maximum absolute atomic E-state index is 13.2. The highest BCUT2D eigenvalue weighted by atomic mass is 35.5. The number of alkyl halides is 3. The molecular weight excluding hydrogens is 435 g/mol. The molecule has 1 aliphatic heterocycles. The summed E-state index contributed by atoms with van der Waals surface area (Å²) >= 11 is 5.65. The normalized spacial score (nSPS) is 15.5. The highest BCUT2D eigenvalue weighted by Crippen LogP contribution is 2.36. The Labute approximate surface area is 182 Å². The molecular formula is C21H21ClF3N3O3. The van der Waals surface area contributed by atoms with Gasteiger partial charge in [-0.3, -0.25) is 14.5 Å². The van der Waals surface area contributed by atoms with E-state index < -0.39 is 17.6 Å². The van der Waals surface area contributed by atoms with Gasteiger partial charge in [0.2, 0.25) is 11.8 Å². The van der Waals surface area contributed by atoms with Gasteiger partial charge in [0.15, 0.2) is 0 Å². The van der Waals surface area contributed by atoms with Crippen molar-refractivity contribution in [3.05, 3.63) is 53.1 Å². The molecule has 3 N–H and O–H groups in total. The van der Waals surface area contributed by atoms with Gasteiger partial charge < -0.3 is 15.7 Å². The Hall–Kier alpha value is -2.78. The number of carbonyl (C=O) groups is 2. The molecule has 0 aliphatic carbocycles. The zero-order chi connectivity index (χ0) is 22.6. The van der Waals surface area contributed by atoms with Gasteiger partial charge >= 0.3 is 6.18 Å². The molecule has 10 heteroatoms. The van der Waals surface area contributed by atoms with Gasteiger partial charge in [-0.25, -0.2) is 0 Å². The first-order valence-corrected chi connectivity index (χ1v) is 9.99. The molecule has 1 fully saturated rings. The molecule has 2 aromatic carbocycles. The predicted molar refractivity (Wildman–Crippen MR) is 111 cm³/mol. The smallest absolute Gasteiger partial charge is 0.418 e. The van der Waals surface area contributed by atoms with Gasteiger partial charge in [0, 0.05) is 10.9 Å². The van der Waals surface area contributed by atoms with Crippen LogP contribution >= 0.6 is 11.6 Å². The number of hydrogen-bond acceptors (Lipinski definition) is 4. The summed E-state index contributed by atoms with van der Waals surface area (Å²) in [5.41, 5.74) is -1.02. The molecule has 2 amide bonds. The van der Waals surface area contributed by atoms with Crippen LogP contribution in [0.25, 0.3) is 0 Å². The molecule has 31 heavy (non-hydrogen) atoms. The maximum atomic E-state index is 13.2. The van der Waals surface area contributed by atoms with Gasteiger partial charge in [0.05, 0.1) is 23.5 Å². The molecule has 6 nitrogen and oxygen atoms in total. The quantitative estimate of drug-likeness (QED) is 0.585. The average molecular weight is 456 g/mol. The van der Waals surface area contributed by atoms with Crippen molar-refractivity contribution in [2.75, 3.05) is 30.3 Å². The monoisotopic (exact) mass is 455 g/mol. The van der Waals surface area contributed by atoms with Gasteiger partial charge in [-0.2, -0.15) is 13.2 Å². The number of rotatable bonds is 5. The molecule has 0 bridgehead atoms. The fourth-order valence-corrected chi connectivity index (χ4v) is 3.59. The third-order valence-corrected chi connectivity index (χ3v) is 5.28. The number of benzene rings is 2. The summed E-state index contributed by atoms with van der Waals surface area (Å²) in [4.78, 5) is 26.5. The van der Waals surface area contributed by atoms with Crippen LogP contribution in [0.2, 0.25) is 5.02 Å². The Kier molecular flexibility index (Phi) is 7.07. The summed E-state index contributed by atoms with van der Waals surface area (Å²) in [5.74, 6) is -1.11. The van der Waals surface area contributed by atoms with E-state index >= 15 is 0 Å². The van der Waals surface area contributed by atoms with Crippen LogP contribution in [0.4, 0.5) is 24.5 Å². The fraction of sp³-hybridized carbons (Fsp3) is 0.333. The summed E-state index contributed by atoms with van der Waals surface area (Å²) in [6.45, 7) is 0.797. The van der Waals surface area contributed by atoms with E-state index in [-0.39, 0.29) is 34.8 Å². The Balaban J connectivity index is 1.52. The molecule has 1 heterocycles. The van der Waals surface area contributed by atoms with Gasteiger partial charge in [-0.05, 0) is 56.3 Å². The van der Waals surface area contributed by atoms with E-state index in [0.29, 0.717) is 31.6 Å². The summed E-state index contributed by atoms with van der Waals surface area (Å²) in [5, 5.41) is 14.7. The van der Waals surface area contributed by atoms with Gasteiger partial charge in [-0.15, -0.1) is 0 Å². The first kappa shape index (κ1) is 22.9. The van der Waals surface area contributed by atoms with E-state index in [1.807, 2.05) is 0 Å². The van der Waals surface area contributed by atoms with Crippen LogP contribution in [0.1, 0.15) is 18.4 Å². The number of para-hydroxylation sites is 2. The minimum Gasteiger partial charge on any atom is -0.506 e. The van der Waals surface area contributed by atoms with Crippen LogP contribution in [0.3, 0.4) is 0 Å². The maximum Gasteiger partial charge on any atom is 0.418 e. The number of phenols is 1. The van der Waals surface area contributed by atoms with E-state index in [2.05, 4.69) is 10.6 Å². The molecule has 1 aliphatic rings. The molecule has 0 aromatic heterocycles. The lowest BCUT2D eigenvalue weighted by atomic mass is 9.95. The number of likely N-dealkylation sites (tertiary alicyclic amines) is 1. The largest absolute Gasteiger partial charge is 0.506 e. The third kappa shape index (κ3) is 6.11. The average Bonchev–Trinajstić information content (AvgIpc) is 2.71. The molecule has 0 unspecified atom stereocenters. The first-order valence-electron chi connectivity index (χ1n) is 9.61. The number of piperidine rings is 1. The number of hydrogen-bond donors (Lipinski definition) is 3. The second kappa shape index (κ2) is 9.57. The van der Waals surface area contributed by atoms with Gasteiger partial charge in [0.25, 0.3) is 0 Å². The molecule has 3 rings (SSSR count). The second-order valence-electron chi connectivity index (χ2n) is 7.29. The zero-order valence-corrected chi connectivity index (χ0v) is 17.1. The number of phenolic OH excluding ortho intramolecular Hbond substituents is 1. The highest BCUT2D eigenvalue weighted by Gasteiger charge is 2.34. The topological polar surface area (TPSA) is 81.7 Å². The number of anilines is 2. The van der Waals surface area contributed by atoms with E-state index in [0.717, 1.165) is 12.1 Å². The van der Waals surface area contributed by atoms with Crippen LogP contribution in [0, 0.1) is 5.92 Å². The Morgan fingerprint density at radius 2 is 1.74 bits per heavy atom.